The lowest BCUT2D eigenvalue weighted by atomic mass is 10.1. The second-order valence-corrected chi connectivity index (χ2v) is 9.53. The summed E-state index contributed by atoms with van der Waals surface area (Å²) in [5.41, 5.74) is 3.34. The lowest BCUT2D eigenvalue weighted by molar-refractivity contribution is -0.117. The standard InChI is InChI=1S/C28H26Cl2N4O2/c29-22-12-7-13-23(30)27(22)31-24(35)18-33-14-16-34(17-15-33)19-25-32-26(20-8-3-1-4-9-20)28(36-25)21-10-5-2-6-11-21/h1-13H,14-19H2,(H,31,35). The van der Waals surface area contributed by atoms with Gasteiger partial charge in [0.1, 0.15) is 5.69 Å². The fourth-order valence-electron chi connectivity index (χ4n) is 4.30. The number of para-hydroxylation sites is 1. The van der Waals surface area contributed by atoms with Gasteiger partial charge >= 0.3 is 0 Å². The number of piperazine rings is 1. The highest BCUT2D eigenvalue weighted by molar-refractivity contribution is 6.39. The molecule has 0 saturated carbocycles. The van der Waals surface area contributed by atoms with Crippen molar-refractivity contribution in [3.05, 3.63) is 94.8 Å². The molecular weight excluding hydrogens is 495 g/mol. The van der Waals surface area contributed by atoms with Gasteiger partial charge in [0.25, 0.3) is 0 Å². The van der Waals surface area contributed by atoms with Crippen molar-refractivity contribution in [2.75, 3.05) is 38.0 Å². The Morgan fingerprint density at radius 1 is 0.806 bits per heavy atom. The molecule has 0 atom stereocenters. The molecule has 5 rings (SSSR count). The van der Waals surface area contributed by atoms with Gasteiger partial charge in [0.05, 0.1) is 28.8 Å². The van der Waals surface area contributed by atoms with Gasteiger partial charge in [-0.1, -0.05) is 89.9 Å². The number of nitrogens with one attached hydrogen (secondary N) is 1. The Kier molecular flexibility index (Phi) is 7.68. The summed E-state index contributed by atoms with van der Waals surface area (Å²) in [7, 11) is 0. The molecule has 1 aliphatic heterocycles. The Bertz CT molecular complexity index is 1240. The molecule has 1 amide bonds. The minimum Gasteiger partial charge on any atom is -0.439 e. The SMILES string of the molecule is O=C(CN1CCN(Cc2nc(-c3ccccc3)c(-c3ccccc3)o2)CC1)Nc1c(Cl)cccc1Cl. The van der Waals surface area contributed by atoms with Crippen molar-refractivity contribution in [1.82, 2.24) is 14.8 Å². The zero-order valence-electron chi connectivity index (χ0n) is 19.7. The van der Waals surface area contributed by atoms with Gasteiger partial charge in [-0.3, -0.25) is 14.6 Å². The minimum absolute atomic E-state index is 0.133. The summed E-state index contributed by atoms with van der Waals surface area (Å²) < 4.78 is 6.28. The third-order valence-corrected chi connectivity index (χ3v) is 6.80. The Labute approximate surface area is 220 Å². The molecule has 0 bridgehead atoms. The van der Waals surface area contributed by atoms with Crippen LogP contribution in [0.4, 0.5) is 5.69 Å². The van der Waals surface area contributed by atoms with E-state index in [1.165, 1.54) is 0 Å². The molecule has 184 valence electrons. The predicted molar refractivity (Wildman–Crippen MR) is 144 cm³/mol. The number of rotatable bonds is 7. The normalized spacial score (nSPS) is 14.6. The van der Waals surface area contributed by atoms with E-state index in [1.54, 1.807) is 18.2 Å². The molecule has 1 aromatic heterocycles. The summed E-state index contributed by atoms with van der Waals surface area (Å²) in [6.07, 6.45) is 0. The number of carbonyl (C=O) groups excluding carboxylic acids is 1. The largest absolute Gasteiger partial charge is 0.439 e. The van der Waals surface area contributed by atoms with Gasteiger partial charge in [-0.25, -0.2) is 4.98 Å². The highest BCUT2D eigenvalue weighted by Gasteiger charge is 2.23. The molecule has 1 saturated heterocycles. The van der Waals surface area contributed by atoms with Crippen molar-refractivity contribution in [2.45, 2.75) is 6.54 Å². The first-order valence-electron chi connectivity index (χ1n) is 11.9. The minimum atomic E-state index is -0.133. The first-order valence-corrected chi connectivity index (χ1v) is 12.6. The molecule has 8 heteroatoms. The van der Waals surface area contributed by atoms with Crippen LogP contribution in [0.25, 0.3) is 22.6 Å². The predicted octanol–water partition coefficient (Wildman–Crippen LogP) is 6.07. The summed E-state index contributed by atoms with van der Waals surface area (Å²) in [4.78, 5) is 21.9. The van der Waals surface area contributed by atoms with E-state index in [0.717, 1.165) is 48.8 Å². The van der Waals surface area contributed by atoms with E-state index in [-0.39, 0.29) is 12.5 Å². The molecule has 1 fully saturated rings. The third kappa shape index (κ3) is 5.79. The highest BCUT2D eigenvalue weighted by Crippen LogP contribution is 2.33. The quantitative estimate of drug-likeness (QED) is 0.320. The lowest BCUT2D eigenvalue weighted by Gasteiger charge is -2.33. The number of oxazole rings is 1. The molecule has 1 aliphatic rings. The second-order valence-electron chi connectivity index (χ2n) is 8.71. The van der Waals surface area contributed by atoms with Crippen molar-refractivity contribution in [1.29, 1.82) is 0 Å². The van der Waals surface area contributed by atoms with E-state index in [2.05, 4.69) is 15.1 Å². The number of benzene rings is 3. The fourth-order valence-corrected chi connectivity index (χ4v) is 4.80. The summed E-state index contributed by atoms with van der Waals surface area (Å²) in [5.74, 6) is 1.34. The summed E-state index contributed by atoms with van der Waals surface area (Å²) in [6, 6.07) is 25.3. The summed E-state index contributed by atoms with van der Waals surface area (Å²) in [5, 5.41) is 3.69. The Morgan fingerprint density at radius 3 is 2.03 bits per heavy atom. The third-order valence-electron chi connectivity index (χ3n) is 6.17. The summed E-state index contributed by atoms with van der Waals surface area (Å²) in [6.45, 7) is 4.04. The zero-order chi connectivity index (χ0) is 24.9. The van der Waals surface area contributed by atoms with Crippen LogP contribution in [0.2, 0.25) is 10.0 Å². The molecule has 6 nitrogen and oxygen atoms in total. The number of halogens is 2. The van der Waals surface area contributed by atoms with Crippen LogP contribution in [0.1, 0.15) is 5.89 Å². The molecule has 2 heterocycles. The van der Waals surface area contributed by atoms with E-state index in [0.29, 0.717) is 28.2 Å². The molecule has 0 radical (unpaired) electrons. The van der Waals surface area contributed by atoms with Crippen LogP contribution in [-0.4, -0.2) is 53.4 Å². The molecule has 0 aliphatic carbocycles. The lowest BCUT2D eigenvalue weighted by Crippen LogP contribution is -2.48. The molecule has 1 N–H and O–H groups in total. The van der Waals surface area contributed by atoms with Gasteiger partial charge in [-0.15, -0.1) is 0 Å². The Hall–Kier alpha value is -3.16. The van der Waals surface area contributed by atoms with Gasteiger partial charge in [0, 0.05) is 37.3 Å². The van der Waals surface area contributed by atoms with Gasteiger partial charge in [-0.2, -0.15) is 0 Å². The zero-order valence-corrected chi connectivity index (χ0v) is 21.2. The molecule has 0 unspecified atom stereocenters. The number of hydrogen-bond acceptors (Lipinski definition) is 5. The van der Waals surface area contributed by atoms with Crippen molar-refractivity contribution >= 4 is 34.8 Å². The van der Waals surface area contributed by atoms with Crippen LogP contribution in [0.15, 0.2) is 83.3 Å². The first kappa shape index (κ1) is 24.5. The van der Waals surface area contributed by atoms with Crippen LogP contribution >= 0.6 is 23.2 Å². The van der Waals surface area contributed by atoms with E-state index < -0.39 is 0 Å². The number of nitrogens with zero attached hydrogens (tertiary/aromatic N) is 3. The van der Waals surface area contributed by atoms with Crippen molar-refractivity contribution in [2.24, 2.45) is 0 Å². The van der Waals surface area contributed by atoms with Crippen molar-refractivity contribution in [3.8, 4) is 22.6 Å². The Morgan fingerprint density at radius 2 is 1.39 bits per heavy atom. The van der Waals surface area contributed by atoms with Crippen LogP contribution in [-0.2, 0) is 11.3 Å². The Balaban J connectivity index is 1.21. The smallest absolute Gasteiger partial charge is 0.238 e. The average molecular weight is 521 g/mol. The highest BCUT2D eigenvalue weighted by atomic mass is 35.5. The van der Waals surface area contributed by atoms with Gasteiger partial charge in [0.2, 0.25) is 11.8 Å². The van der Waals surface area contributed by atoms with E-state index in [1.807, 2.05) is 60.7 Å². The second kappa shape index (κ2) is 11.3. The van der Waals surface area contributed by atoms with Crippen molar-refractivity contribution < 1.29 is 9.21 Å². The van der Waals surface area contributed by atoms with Crippen LogP contribution in [0.3, 0.4) is 0 Å². The van der Waals surface area contributed by atoms with Gasteiger partial charge in [0.15, 0.2) is 5.76 Å². The van der Waals surface area contributed by atoms with Crippen LogP contribution in [0, 0.1) is 0 Å². The molecule has 0 spiro atoms. The maximum absolute atomic E-state index is 12.6. The number of aromatic nitrogens is 1. The maximum atomic E-state index is 12.6. The molecular formula is C28H26Cl2N4O2. The van der Waals surface area contributed by atoms with Gasteiger partial charge < -0.3 is 9.73 Å². The van der Waals surface area contributed by atoms with Crippen LogP contribution < -0.4 is 5.32 Å². The van der Waals surface area contributed by atoms with Crippen LogP contribution in [0.5, 0.6) is 0 Å². The van der Waals surface area contributed by atoms with Gasteiger partial charge in [-0.05, 0) is 12.1 Å². The number of carbonyl (C=O) groups is 1. The maximum Gasteiger partial charge on any atom is 0.238 e. The molecule has 3 aromatic carbocycles. The molecule has 36 heavy (non-hydrogen) atoms. The average Bonchev–Trinajstić information content (AvgIpc) is 3.32. The number of anilines is 1. The van der Waals surface area contributed by atoms with Crippen molar-refractivity contribution in [3.63, 3.8) is 0 Å². The molecule has 4 aromatic rings. The number of amides is 1. The monoisotopic (exact) mass is 520 g/mol. The first-order chi connectivity index (χ1) is 17.6. The van der Waals surface area contributed by atoms with E-state index in [4.69, 9.17) is 32.6 Å². The summed E-state index contributed by atoms with van der Waals surface area (Å²) >= 11 is 12.3. The fraction of sp³-hybridized carbons (Fsp3) is 0.214. The topological polar surface area (TPSA) is 61.6 Å². The number of hydrogen-bond donors (Lipinski definition) is 1. The van der Waals surface area contributed by atoms with E-state index >= 15 is 0 Å². The van der Waals surface area contributed by atoms with E-state index in [9.17, 15) is 4.79 Å².